The van der Waals surface area contributed by atoms with Gasteiger partial charge in [-0.2, -0.15) is 0 Å². The van der Waals surface area contributed by atoms with E-state index in [-0.39, 0.29) is 5.88 Å². The van der Waals surface area contributed by atoms with Crippen molar-refractivity contribution in [3.05, 3.63) is 12.1 Å². The molecule has 0 spiro atoms. The van der Waals surface area contributed by atoms with Gasteiger partial charge in [0, 0.05) is 13.1 Å². The number of hydrogen-bond donors (Lipinski definition) is 2. The summed E-state index contributed by atoms with van der Waals surface area (Å²) in [6, 6.07) is 3.58. The number of nitrogens with zero attached hydrogens (tertiary/aromatic N) is 1. The van der Waals surface area contributed by atoms with Crippen molar-refractivity contribution in [1.82, 2.24) is 4.57 Å². The van der Waals surface area contributed by atoms with Crippen molar-refractivity contribution in [2.75, 3.05) is 5.73 Å². The number of anilines is 1. The van der Waals surface area contributed by atoms with Crippen LogP contribution in [-0.2, 0) is 7.05 Å². The number of aryl methyl sites for hydroxylation is 1. The molecule has 2 aromatic heterocycles. The molecule has 0 unspecified atom stereocenters. The van der Waals surface area contributed by atoms with Crippen molar-refractivity contribution in [3.63, 3.8) is 0 Å². The van der Waals surface area contributed by atoms with Crippen LogP contribution in [0.15, 0.2) is 12.1 Å². The molecule has 11 heavy (non-hydrogen) atoms. The predicted molar refractivity (Wildman–Crippen MR) is 46.9 cm³/mol. The molecule has 0 bridgehead atoms. The third-order valence-corrected chi connectivity index (χ3v) is 2.62. The second-order valence-corrected chi connectivity index (χ2v) is 3.58. The molecule has 0 radical (unpaired) electrons. The number of fused-ring (bicyclic) bond motifs is 1. The van der Waals surface area contributed by atoms with E-state index in [0.717, 1.165) is 15.2 Å². The summed E-state index contributed by atoms with van der Waals surface area (Å²) in [5.41, 5.74) is 6.57. The van der Waals surface area contributed by atoms with Gasteiger partial charge in [0.25, 0.3) is 0 Å². The summed E-state index contributed by atoms with van der Waals surface area (Å²) in [6.45, 7) is 0. The fourth-order valence-corrected chi connectivity index (χ4v) is 2.01. The van der Waals surface area contributed by atoms with Gasteiger partial charge >= 0.3 is 0 Å². The molecule has 0 amide bonds. The lowest BCUT2D eigenvalue weighted by molar-refractivity contribution is 0.435. The highest BCUT2D eigenvalue weighted by Gasteiger charge is 2.06. The minimum absolute atomic E-state index is 0.284. The van der Waals surface area contributed by atoms with Gasteiger partial charge in [0.1, 0.15) is 0 Å². The summed E-state index contributed by atoms with van der Waals surface area (Å²) in [7, 11) is 1.81. The minimum atomic E-state index is 0.284. The quantitative estimate of drug-likeness (QED) is 0.626. The van der Waals surface area contributed by atoms with Crippen molar-refractivity contribution in [3.8, 4) is 5.88 Å². The van der Waals surface area contributed by atoms with E-state index in [1.165, 1.54) is 11.3 Å². The molecule has 3 N–H and O–H groups in total. The van der Waals surface area contributed by atoms with E-state index in [4.69, 9.17) is 5.73 Å². The van der Waals surface area contributed by atoms with Crippen LogP contribution in [0.25, 0.3) is 10.2 Å². The Morgan fingerprint density at radius 3 is 2.91 bits per heavy atom. The summed E-state index contributed by atoms with van der Waals surface area (Å²) in [6.07, 6.45) is 0. The summed E-state index contributed by atoms with van der Waals surface area (Å²) in [4.78, 5) is 0. The van der Waals surface area contributed by atoms with Crippen LogP contribution in [0.1, 0.15) is 0 Å². The number of nitrogens with two attached hydrogens (primary N) is 1. The molecule has 2 heterocycles. The van der Waals surface area contributed by atoms with Gasteiger partial charge in [0.15, 0.2) is 5.88 Å². The van der Waals surface area contributed by atoms with E-state index in [9.17, 15) is 5.11 Å². The highest BCUT2D eigenvalue weighted by molar-refractivity contribution is 7.22. The van der Waals surface area contributed by atoms with Crippen LogP contribution in [-0.4, -0.2) is 9.67 Å². The largest absolute Gasteiger partial charge is 0.494 e. The number of thiophene rings is 1. The fraction of sp³-hybridized carbons (Fsp3) is 0.143. The molecule has 0 aromatic carbocycles. The maximum absolute atomic E-state index is 9.25. The first-order valence-electron chi connectivity index (χ1n) is 3.22. The Balaban J connectivity index is 2.88. The second-order valence-electron chi connectivity index (χ2n) is 2.46. The molecular weight excluding hydrogens is 160 g/mol. The average molecular weight is 168 g/mol. The van der Waals surface area contributed by atoms with E-state index >= 15 is 0 Å². The van der Waals surface area contributed by atoms with Crippen LogP contribution >= 0.6 is 11.3 Å². The lowest BCUT2D eigenvalue weighted by atomic mass is 10.5. The lowest BCUT2D eigenvalue weighted by Crippen LogP contribution is -1.84. The molecule has 58 valence electrons. The van der Waals surface area contributed by atoms with Crippen LogP contribution in [0.5, 0.6) is 5.88 Å². The highest BCUT2D eigenvalue weighted by atomic mass is 32.1. The highest BCUT2D eigenvalue weighted by Crippen LogP contribution is 2.32. The summed E-state index contributed by atoms with van der Waals surface area (Å²) in [5.74, 6) is 0.284. The third kappa shape index (κ3) is 0.793. The fourth-order valence-electron chi connectivity index (χ4n) is 1.12. The maximum atomic E-state index is 9.25. The topological polar surface area (TPSA) is 51.2 Å². The van der Waals surface area contributed by atoms with E-state index in [1.807, 2.05) is 13.1 Å². The van der Waals surface area contributed by atoms with E-state index in [0.29, 0.717) is 0 Å². The second kappa shape index (κ2) is 1.92. The van der Waals surface area contributed by atoms with Gasteiger partial charge in [0.2, 0.25) is 0 Å². The van der Waals surface area contributed by atoms with Crippen LogP contribution < -0.4 is 5.73 Å². The Kier molecular flexibility index (Phi) is 1.14. The van der Waals surface area contributed by atoms with Gasteiger partial charge < -0.3 is 15.4 Å². The van der Waals surface area contributed by atoms with Crippen LogP contribution in [0, 0.1) is 0 Å². The van der Waals surface area contributed by atoms with Crippen molar-refractivity contribution in [2.24, 2.45) is 7.05 Å². The zero-order valence-electron chi connectivity index (χ0n) is 6.03. The van der Waals surface area contributed by atoms with Crippen molar-refractivity contribution < 1.29 is 5.11 Å². The number of aromatic hydroxyl groups is 1. The molecular formula is C7H8N2OS. The van der Waals surface area contributed by atoms with Gasteiger partial charge in [0.05, 0.1) is 15.2 Å². The molecule has 0 aliphatic heterocycles. The molecule has 0 atom stereocenters. The minimum Gasteiger partial charge on any atom is -0.494 e. The number of nitrogen functional groups attached to an aromatic ring is 1. The first-order valence-corrected chi connectivity index (χ1v) is 4.04. The van der Waals surface area contributed by atoms with E-state index in [1.54, 1.807) is 10.6 Å². The molecule has 3 nitrogen and oxygen atoms in total. The zero-order valence-corrected chi connectivity index (χ0v) is 6.85. The first kappa shape index (κ1) is 6.54. The Morgan fingerprint density at radius 1 is 1.55 bits per heavy atom. The monoisotopic (exact) mass is 168 g/mol. The van der Waals surface area contributed by atoms with Crippen molar-refractivity contribution in [1.29, 1.82) is 0 Å². The summed E-state index contributed by atoms with van der Waals surface area (Å²) < 4.78 is 2.74. The van der Waals surface area contributed by atoms with Gasteiger partial charge in [-0.15, -0.1) is 11.3 Å². The van der Waals surface area contributed by atoms with Gasteiger partial charge in [-0.1, -0.05) is 0 Å². The van der Waals surface area contributed by atoms with Crippen LogP contribution in [0.2, 0.25) is 0 Å². The Hall–Kier alpha value is -1.16. The molecule has 0 aliphatic carbocycles. The Morgan fingerprint density at radius 2 is 2.27 bits per heavy atom. The number of aromatic nitrogens is 1. The van der Waals surface area contributed by atoms with Gasteiger partial charge in [-0.3, -0.25) is 0 Å². The van der Waals surface area contributed by atoms with Gasteiger partial charge in [-0.05, 0) is 6.07 Å². The molecule has 0 fully saturated rings. The van der Waals surface area contributed by atoms with E-state index < -0.39 is 0 Å². The Labute approximate surface area is 67.7 Å². The molecule has 0 saturated heterocycles. The standard InChI is InChI=1S/C7H8N2OS/c1-9-4-2-6(8)11-5(4)3-7(9)10/h2-3,10H,8H2,1H3. The van der Waals surface area contributed by atoms with Crippen molar-refractivity contribution >= 4 is 26.6 Å². The molecule has 2 aromatic rings. The van der Waals surface area contributed by atoms with Gasteiger partial charge in [-0.25, -0.2) is 0 Å². The van der Waals surface area contributed by atoms with Crippen LogP contribution in [0.4, 0.5) is 5.00 Å². The molecule has 4 heteroatoms. The van der Waals surface area contributed by atoms with Crippen LogP contribution in [0.3, 0.4) is 0 Å². The smallest absolute Gasteiger partial charge is 0.192 e. The van der Waals surface area contributed by atoms with Crippen molar-refractivity contribution in [2.45, 2.75) is 0 Å². The average Bonchev–Trinajstić information content (AvgIpc) is 2.37. The number of hydrogen-bond acceptors (Lipinski definition) is 3. The normalized spacial score (nSPS) is 11.0. The lowest BCUT2D eigenvalue weighted by Gasteiger charge is -1.92. The first-order chi connectivity index (χ1) is 5.18. The molecule has 2 rings (SSSR count). The predicted octanol–water partition coefficient (Wildman–Crippen LogP) is 1.53. The summed E-state index contributed by atoms with van der Waals surface area (Å²) in [5, 5.41) is 10.0. The molecule has 0 aliphatic rings. The third-order valence-electron chi connectivity index (χ3n) is 1.72. The maximum Gasteiger partial charge on any atom is 0.192 e. The SMILES string of the molecule is Cn1c(O)cc2sc(N)cc21. The zero-order chi connectivity index (χ0) is 8.01. The number of rotatable bonds is 0. The molecule has 0 saturated carbocycles. The summed E-state index contributed by atoms with van der Waals surface area (Å²) >= 11 is 1.48. The van der Waals surface area contributed by atoms with E-state index in [2.05, 4.69) is 0 Å². The Bertz CT molecular complexity index is 402.